The van der Waals surface area contributed by atoms with Crippen molar-refractivity contribution in [1.82, 2.24) is 20.2 Å². The number of benzene rings is 3. The Labute approximate surface area is 205 Å². The van der Waals surface area contributed by atoms with E-state index in [0.29, 0.717) is 16.5 Å². The molecular weight excluding hydrogens is 466 g/mol. The largest absolute Gasteiger partial charge is 0.545 e. The maximum Gasteiger partial charge on any atom is 0.250 e. The van der Waals surface area contributed by atoms with E-state index in [1.54, 1.807) is 25.3 Å². The molecular formula is C25H20N5O4S-. The van der Waals surface area contributed by atoms with Gasteiger partial charge in [-0.25, -0.2) is 5.43 Å². The molecule has 0 bridgehead atoms. The number of carboxylic acids is 1. The van der Waals surface area contributed by atoms with Gasteiger partial charge in [0, 0.05) is 22.4 Å². The second kappa shape index (κ2) is 11.1. The SMILES string of the molecule is COc1ccc(-c2nnc(SCC(=O)NN=Cc3ccccc3C(=O)[O-])n2-c2ccccc2)cc1. The second-order valence-corrected chi connectivity index (χ2v) is 8.10. The van der Waals surface area contributed by atoms with Crippen LogP contribution in [0.25, 0.3) is 17.1 Å². The van der Waals surface area contributed by atoms with E-state index in [-0.39, 0.29) is 17.2 Å². The molecule has 9 nitrogen and oxygen atoms in total. The molecule has 0 saturated carbocycles. The molecule has 0 spiro atoms. The van der Waals surface area contributed by atoms with E-state index in [1.807, 2.05) is 59.2 Å². The number of methoxy groups -OCH3 is 1. The van der Waals surface area contributed by atoms with Gasteiger partial charge >= 0.3 is 0 Å². The van der Waals surface area contributed by atoms with Gasteiger partial charge in [0.15, 0.2) is 11.0 Å². The van der Waals surface area contributed by atoms with Crippen LogP contribution in [0.15, 0.2) is 89.1 Å². The summed E-state index contributed by atoms with van der Waals surface area (Å²) in [6.45, 7) is 0. The molecule has 0 saturated heterocycles. The number of para-hydroxylation sites is 1. The molecule has 1 aromatic heterocycles. The monoisotopic (exact) mass is 486 g/mol. The van der Waals surface area contributed by atoms with Crippen molar-refractivity contribution in [1.29, 1.82) is 0 Å². The van der Waals surface area contributed by atoms with E-state index in [2.05, 4.69) is 20.7 Å². The third-order valence-electron chi connectivity index (χ3n) is 4.90. The molecule has 10 heteroatoms. The van der Waals surface area contributed by atoms with Crippen molar-refractivity contribution in [3.8, 4) is 22.8 Å². The van der Waals surface area contributed by atoms with Gasteiger partial charge in [-0.2, -0.15) is 5.10 Å². The molecule has 0 aliphatic heterocycles. The fraction of sp³-hybridized carbons (Fsp3) is 0.0800. The molecule has 0 radical (unpaired) electrons. The lowest BCUT2D eigenvalue weighted by Crippen LogP contribution is -2.24. The lowest BCUT2D eigenvalue weighted by molar-refractivity contribution is -0.255. The van der Waals surface area contributed by atoms with Gasteiger partial charge in [0.1, 0.15) is 5.75 Å². The number of carbonyl (C=O) groups excluding carboxylic acids is 2. The van der Waals surface area contributed by atoms with Crippen LogP contribution in [0.3, 0.4) is 0 Å². The number of carboxylic acid groups (broad SMARTS) is 1. The second-order valence-electron chi connectivity index (χ2n) is 7.16. The molecule has 4 rings (SSSR count). The summed E-state index contributed by atoms with van der Waals surface area (Å²) in [6, 6.07) is 23.3. The molecule has 1 amide bonds. The van der Waals surface area contributed by atoms with Crippen molar-refractivity contribution in [2.75, 3.05) is 12.9 Å². The van der Waals surface area contributed by atoms with E-state index in [0.717, 1.165) is 17.0 Å². The third-order valence-corrected chi connectivity index (χ3v) is 5.83. The van der Waals surface area contributed by atoms with Crippen LogP contribution in [-0.2, 0) is 4.79 Å². The summed E-state index contributed by atoms with van der Waals surface area (Å²) in [5.74, 6) is -0.326. The Balaban J connectivity index is 1.50. The molecule has 4 aromatic rings. The first kappa shape index (κ1) is 23.7. The van der Waals surface area contributed by atoms with Crippen molar-refractivity contribution in [2.45, 2.75) is 5.16 Å². The first-order valence-corrected chi connectivity index (χ1v) is 11.5. The van der Waals surface area contributed by atoms with Gasteiger partial charge in [-0.1, -0.05) is 54.2 Å². The summed E-state index contributed by atoms with van der Waals surface area (Å²) >= 11 is 1.20. The van der Waals surface area contributed by atoms with Crippen LogP contribution in [0.2, 0.25) is 0 Å². The molecule has 1 N–H and O–H groups in total. The maximum absolute atomic E-state index is 12.4. The quantitative estimate of drug-likeness (QED) is 0.219. The number of ether oxygens (including phenoxy) is 1. The van der Waals surface area contributed by atoms with E-state index >= 15 is 0 Å². The topological polar surface area (TPSA) is 122 Å². The molecule has 1 heterocycles. The van der Waals surface area contributed by atoms with Crippen molar-refractivity contribution >= 4 is 29.9 Å². The zero-order valence-electron chi connectivity index (χ0n) is 18.6. The Hall–Kier alpha value is -4.44. The minimum atomic E-state index is -1.32. The normalized spacial score (nSPS) is 10.9. The van der Waals surface area contributed by atoms with Crippen molar-refractivity contribution in [2.24, 2.45) is 5.10 Å². The highest BCUT2D eigenvalue weighted by atomic mass is 32.2. The van der Waals surface area contributed by atoms with Gasteiger partial charge in [0.05, 0.1) is 25.0 Å². The number of carbonyl (C=O) groups is 2. The number of rotatable bonds is 9. The zero-order chi connectivity index (χ0) is 24.6. The Morgan fingerprint density at radius 1 is 1.03 bits per heavy atom. The van der Waals surface area contributed by atoms with Gasteiger partial charge in [0.2, 0.25) is 0 Å². The summed E-state index contributed by atoms with van der Waals surface area (Å²) in [7, 11) is 1.60. The summed E-state index contributed by atoms with van der Waals surface area (Å²) in [6.07, 6.45) is 1.27. The molecule has 0 fully saturated rings. The van der Waals surface area contributed by atoms with Gasteiger partial charge in [-0.15, -0.1) is 10.2 Å². The highest BCUT2D eigenvalue weighted by Gasteiger charge is 2.17. The first-order valence-electron chi connectivity index (χ1n) is 10.5. The minimum absolute atomic E-state index is 0.0121. The number of nitrogens with one attached hydrogen (secondary N) is 1. The number of thioether (sulfide) groups is 1. The van der Waals surface area contributed by atoms with Crippen LogP contribution in [0.5, 0.6) is 5.75 Å². The number of aromatic nitrogens is 3. The number of amides is 1. The Morgan fingerprint density at radius 3 is 2.46 bits per heavy atom. The van der Waals surface area contributed by atoms with Crippen LogP contribution in [0.4, 0.5) is 0 Å². The predicted molar refractivity (Wildman–Crippen MR) is 131 cm³/mol. The standard InChI is InChI=1S/C25H21N5O4S/c1-34-20-13-11-17(12-14-20)23-28-29-25(30(23)19-8-3-2-4-9-19)35-16-22(31)27-26-15-18-7-5-6-10-21(18)24(32)33/h2-15H,16H2,1H3,(H,27,31)(H,32,33)/p-1. The van der Waals surface area contributed by atoms with Gasteiger partial charge in [-0.05, 0) is 36.4 Å². The summed E-state index contributed by atoms with van der Waals surface area (Å²) < 4.78 is 7.11. The smallest absolute Gasteiger partial charge is 0.250 e. The van der Waals surface area contributed by atoms with E-state index in [1.165, 1.54) is 24.0 Å². The first-order chi connectivity index (χ1) is 17.1. The summed E-state index contributed by atoms with van der Waals surface area (Å²) in [5.41, 5.74) is 4.41. The van der Waals surface area contributed by atoms with E-state index in [9.17, 15) is 14.7 Å². The maximum atomic E-state index is 12.4. The van der Waals surface area contributed by atoms with Gasteiger partial charge < -0.3 is 14.6 Å². The molecule has 0 aliphatic rings. The Kier molecular flexibility index (Phi) is 7.53. The summed E-state index contributed by atoms with van der Waals surface area (Å²) in [5, 5.41) is 24.2. The lowest BCUT2D eigenvalue weighted by atomic mass is 10.1. The number of hydrazone groups is 1. The molecule has 3 aromatic carbocycles. The average molecular weight is 487 g/mol. The van der Waals surface area contributed by atoms with Gasteiger partial charge in [0.25, 0.3) is 5.91 Å². The van der Waals surface area contributed by atoms with Crippen LogP contribution in [0, 0.1) is 0 Å². The van der Waals surface area contributed by atoms with Crippen LogP contribution >= 0.6 is 11.8 Å². The summed E-state index contributed by atoms with van der Waals surface area (Å²) in [4.78, 5) is 23.6. The molecule has 0 unspecified atom stereocenters. The number of nitrogens with zero attached hydrogens (tertiary/aromatic N) is 4. The lowest BCUT2D eigenvalue weighted by Gasteiger charge is -2.10. The number of hydrogen-bond acceptors (Lipinski definition) is 8. The fourth-order valence-corrected chi connectivity index (χ4v) is 3.98. The van der Waals surface area contributed by atoms with Crippen molar-refractivity contribution in [3.05, 3.63) is 90.0 Å². The zero-order valence-corrected chi connectivity index (χ0v) is 19.4. The Morgan fingerprint density at radius 2 is 1.74 bits per heavy atom. The molecule has 0 atom stereocenters. The highest BCUT2D eigenvalue weighted by Crippen LogP contribution is 2.28. The van der Waals surface area contributed by atoms with Crippen molar-refractivity contribution < 1.29 is 19.4 Å². The van der Waals surface area contributed by atoms with Crippen LogP contribution in [-0.4, -0.2) is 45.7 Å². The molecule has 176 valence electrons. The minimum Gasteiger partial charge on any atom is -0.545 e. The fourth-order valence-electron chi connectivity index (χ4n) is 3.23. The Bertz CT molecular complexity index is 1350. The average Bonchev–Trinajstić information content (AvgIpc) is 3.32. The molecule has 0 aliphatic carbocycles. The third kappa shape index (κ3) is 5.74. The molecule has 35 heavy (non-hydrogen) atoms. The number of aromatic carboxylic acids is 1. The van der Waals surface area contributed by atoms with E-state index in [4.69, 9.17) is 4.74 Å². The van der Waals surface area contributed by atoms with Crippen LogP contribution < -0.4 is 15.3 Å². The van der Waals surface area contributed by atoms with Gasteiger partial charge in [-0.3, -0.25) is 9.36 Å². The van der Waals surface area contributed by atoms with Crippen molar-refractivity contribution in [3.63, 3.8) is 0 Å². The predicted octanol–water partition coefficient (Wildman–Crippen LogP) is 2.55. The number of hydrogen-bond donors (Lipinski definition) is 1. The van der Waals surface area contributed by atoms with Crippen LogP contribution in [0.1, 0.15) is 15.9 Å². The van der Waals surface area contributed by atoms with E-state index < -0.39 is 5.97 Å². The highest BCUT2D eigenvalue weighted by molar-refractivity contribution is 7.99.